The van der Waals surface area contributed by atoms with E-state index in [0.717, 1.165) is 6.54 Å². The summed E-state index contributed by atoms with van der Waals surface area (Å²) in [4.78, 5) is 28.8. The van der Waals surface area contributed by atoms with Crippen LogP contribution < -0.4 is 0 Å². The first kappa shape index (κ1) is 16.0. The number of hydrogen-bond acceptors (Lipinski definition) is 6. The molecule has 25 heavy (non-hydrogen) atoms. The SMILES string of the molecule is CCc1nnc(CN2C(=O)[C@@H]3CN(Cc4ccccc4)C[C@H]3C2=O)o1. The number of fused-ring (bicyclic) bond motifs is 1. The second-order valence-electron chi connectivity index (χ2n) is 6.60. The Morgan fingerprint density at radius 2 is 1.64 bits per heavy atom. The number of aryl methyl sites for hydroxylation is 1. The maximum absolute atomic E-state index is 12.7. The molecule has 2 fully saturated rings. The van der Waals surface area contributed by atoms with Gasteiger partial charge in [0.05, 0.1) is 11.8 Å². The Morgan fingerprint density at radius 3 is 2.24 bits per heavy atom. The number of rotatable bonds is 5. The van der Waals surface area contributed by atoms with Crippen LogP contribution in [0.3, 0.4) is 0 Å². The summed E-state index contributed by atoms with van der Waals surface area (Å²) >= 11 is 0. The Labute approximate surface area is 145 Å². The van der Waals surface area contributed by atoms with Gasteiger partial charge in [-0.15, -0.1) is 10.2 Å². The fourth-order valence-corrected chi connectivity index (χ4v) is 3.65. The van der Waals surface area contributed by atoms with Gasteiger partial charge in [0.25, 0.3) is 0 Å². The lowest BCUT2D eigenvalue weighted by atomic mass is 10.00. The molecule has 4 rings (SSSR count). The number of hydrogen-bond donors (Lipinski definition) is 0. The van der Waals surface area contributed by atoms with Gasteiger partial charge in [-0.2, -0.15) is 0 Å². The highest BCUT2D eigenvalue weighted by Crippen LogP contribution is 2.34. The molecular formula is C18H20N4O3. The maximum atomic E-state index is 12.7. The molecular weight excluding hydrogens is 320 g/mol. The van der Waals surface area contributed by atoms with Crippen LogP contribution in [0.4, 0.5) is 0 Å². The van der Waals surface area contributed by atoms with E-state index < -0.39 is 0 Å². The molecule has 7 heteroatoms. The largest absolute Gasteiger partial charge is 0.423 e. The van der Waals surface area contributed by atoms with E-state index in [1.807, 2.05) is 25.1 Å². The fourth-order valence-electron chi connectivity index (χ4n) is 3.65. The van der Waals surface area contributed by atoms with E-state index in [1.54, 1.807) is 0 Å². The lowest BCUT2D eigenvalue weighted by Gasteiger charge is -2.19. The van der Waals surface area contributed by atoms with E-state index in [1.165, 1.54) is 10.5 Å². The van der Waals surface area contributed by atoms with Gasteiger partial charge in [-0.1, -0.05) is 37.3 Å². The number of aromatic nitrogens is 2. The summed E-state index contributed by atoms with van der Waals surface area (Å²) in [6.07, 6.45) is 0.634. The number of carbonyl (C=O) groups is 2. The minimum atomic E-state index is -0.259. The van der Waals surface area contributed by atoms with Gasteiger partial charge in [-0.3, -0.25) is 19.4 Å². The Hall–Kier alpha value is -2.54. The lowest BCUT2D eigenvalue weighted by molar-refractivity contribution is -0.141. The Balaban J connectivity index is 1.42. The van der Waals surface area contributed by atoms with Crippen molar-refractivity contribution in [2.24, 2.45) is 11.8 Å². The number of carbonyl (C=O) groups excluding carboxylic acids is 2. The summed E-state index contributed by atoms with van der Waals surface area (Å²) in [6.45, 7) is 3.98. The summed E-state index contributed by atoms with van der Waals surface area (Å²) in [5, 5.41) is 7.79. The smallest absolute Gasteiger partial charge is 0.236 e. The number of likely N-dealkylation sites (tertiary alicyclic amines) is 2. The Kier molecular flexibility index (Phi) is 4.09. The van der Waals surface area contributed by atoms with Crippen molar-refractivity contribution in [3.05, 3.63) is 47.7 Å². The van der Waals surface area contributed by atoms with Crippen LogP contribution in [0, 0.1) is 11.8 Å². The van der Waals surface area contributed by atoms with Gasteiger partial charge in [0.2, 0.25) is 23.6 Å². The molecule has 1 aromatic heterocycles. The van der Waals surface area contributed by atoms with Crippen molar-refractivity contribution in [1.82, 2.24) is 20.0 Å². The second-order valence-corrected chi connectivity index (χ2v) is 6.60. The van der Waals surface area contributed by atoms with E-state index in [9.17, 15) is 9.59 Å². The van der Waals surface area contributed by atoms with E-state index in [4.69, 9.17) is 4.42 Å². The van der Waals surface area contributed by atoms with Crippen LogP contribution in [0.15, 0.2) is 34.7 Å². The van der Waals surface area contributed by atoms with Crippen LogP contribution in [0.1, 0.15) is 24.3 Å². The molecule has 2 aliphatic rings. The van der Waals surface area contributed by atoms with E-state index in [0.29, 0.717) is 31.3 Å². The summed E-state index contributed by atoms with van der Waals surface area (Å²) in [5.41, 5.74) is 1.19. The van der Waals surface area contributed by atoms with Crippen LogP contribution in [-0.2, 0) is 29.1 Å². The van der Waals surface area contributed by atoms with Gasteiger partial charge in [0.1, 0.15) is 6.54 Å². The van der Waals surface area contributed by atoms with Crippen LogP contribution in [0.2, 0.25) is 0 Å². The predicted octanol–water partition coefficient (Wildman–Crippen LogP) is 1.25. The molecule has 2 atom stereocenters. The summed E-state index contributed by atoms with van der Waals surface area (Å²) in [7, 11) is 0. The molecule has 130 valence electrons. The van der Waals surface area contributed by atoms with Crippen LogP contribution >= 0.6 is 0 Å². The third-order valence-electron chi connectivity index (χ3n) is 4.92. The van der Waals surface area contributed by atoms with Crippen molar-refractivity contribution in [2.45, 2.75) is 26.4 Å². The molecule has 0 bridgehead atoms. The Bertz CT molecular complexity index is 765. The quantitative estimate of drug-likeness (QED) is 0.762. The average Bonchev–Trinajstić information content (AvgIpc) is 3.30. The van der Waals surface area contributed by atoms with Crippen LogP contribution in [-0.4, -0.2) is 44.9 Å². The van der Waals surface area contributed by atoms with Gasteiger partial charge < -0.3 is 4.42 Å². The van der Waals surface area contributed by atoms with Crippen molar-refractivity contribution in [3.8, 4) is 0 Å². The van der Waals surface area contributed by atoms with Crippen LogP contribution in [0.25, 0.3) is 0 Å². The molecule has 2 aromatic rings. The molecule has 0 unspecified atom stereocenters. The van der Waals surface area contributed by atoms with E-state index in [2.05, 4.69) is 27.2 Å². The van der Waals surface area contributed by atoms with E-state index in [-0.39, 0.29) is 30.2 Å². The number of nitrogens with zero attached hydrogens (tertiary/aromatic N) is 4. The Morgan fingerprint density at radius 1 is 1.00 bits per heavy atom. The zero-order valence-electron chi connectivity index (χ0n) is 14.1. The number of imide groups is 1. The first-order chi connectivity index (χ1) is 12.2. The molecule has 7 nitrogen and oxygen atoms in total. The van der Waals surface area contributed by atoms with Crippen molar-refractivity contribution in [1.29, 1.82) is 0 Å². The molecule has 0 radical (unpaired) electrons. The molecule has 3 heterocycles. The molecule has 2 aliphatic heterocycles. The van der Waals surface area contributed by atoms with Gasteiger partial charge in [0.15, 0.2) is 0 Å². The minimum Gasteiger partial charge on any atom is -0.423 e. The van der Waals surface area contributed by atoms with Gasteiger partial charge in [-0.25, -0.2) is 0 Å². The molecule has 0 N–H and O–H groups in total. The summed E-state index contributed by atoms with van der Waals surface area (Å²) < 4.78 is 5.43. The molecule has 1 aromatic carbocycles. The highest BCUT2D eigenvalue weighted by atomic mass is 16.4. The van der Waals surface area contributed by atoms with Gasteiger partial charge in [0, 0.05) is 26.1 Å². The van der Waals surface area contributed by atoms with Crippen molar-refractivity contribution < 1.29 is 14.0 Å². The third kappa shape index (κ3) is 2.95. The normalized spacial score (nSPS) is 23.5. The first-order valence-electron chi connectivity index (χ1n) is 8.58. The number of benzene rings is 1. The first-order valence-corrected chi connectivity index (χ1v) is 8.58. The molecule has 2 amide bonds. The number of amides is 2. The zero-order valence-corrected chi connectivity index (χ0v) is 14.1. The van der Waals surface area contributed by atoms with E-state index >= 15 is 0 Å². The standard InChI is InChI=1S/C18H20N4O3/c1-2-15-19-20-16(25-15)11-22-17(23)13-9-21(10-14(13)18(22)24)8-12-6-4-3-5-7-12/h3-7,13-14H,2,8-11H2,1H3/t13-,14-/m1/s1. The maximum Gasteiger partial charge on any atom is 0.236 e. The molecule has 0 aliphatic carbocycles. The molecule has 0 spiro atoms. The topological polar surface area (TPSA) is 79.5 Å². The van der Waals surface area contributed by atoms with Gasteiger partial charge >= 0.3 is 0 Å². The highest BCUT2D eigenvalue weighted by Gasteiger charge is 2.52. The summed E-state index contributed by atoms with van der Waals surface area (Å²) in [5.74, 6) is 0.0705. The minimum absolute atomic E-state index is 0.0797. The van der Waals surface area contributed by atoms with Crippen molar-refractivity contribution in [2.75, 3.05) is 13.1 Å². The van der Waals surface area contributed by atoms with Crippen molar-refractivity contribution in [3.63, 3.8) is 0 Å². The average molecular weight is 340 g/mol. The second kappa shape index (κ2) is 6.40. The van der Waals surface area contributed by atoms with Crippen molar-refractivity contribution >= 4 is 11.8 Å². The highest BCUT2D eigenvalue weighted by molar-refractivity contribution is 6.05. The third-order valence-corrected chi connectivity index (χ3v) is 4.92. The van der Waals surface area contributed by atoms with Crippen LogP contribution in [0.5, 0.6) is 0 Å². The fraction of sp³-hybridized carbons (Fsp3) is 0.444. The zero-order chi connectivity index (χ0) is 17.4. The molecule has 2 saturated heterocycles. The molecule has 0 saturated carbocycles. The summed E-state index contributed by atoms with van der Waals surface area (Å²) in [6, 6.07) is 10.1. The monoisotopic (exact) mass is 340 g/mol. The lowest BCUT2D eigenvalue weighted by Crippen LogP contribution is -2.35. The predicted molar refractivity (Wildman–Crippen MR) is 87.9 cm³/mol. The van der Waals surface area contributed by atoms with Gasteiger partial charge in [-0.05, 0) is 5.56 Å².